The Hall–Kier alpha value is -1.63. The summed E-state index contributed by atoms with van der Waals surface area (Å²) in [5.74, 6) is -3.32. The van der Waals surface area contributed by atoms with Gasteiger partial charge in [0.05, 0.1) is 26.1 Å². The number of esters is 2. The second-order valence-electron chi connectivity index (χ2n) is 4.19. The Bertz CT molecular complexity index is 314. The Morgan fingerprint density at radius 1 is 1.00 bits per heavy atom. The van der Waals surface area contributed by atoms with Crippen molar-refractivity contribution in [3.8, 4) is 0 Å². The molecular weight excluding hydrogens is 244 g/mol. The van der Waals surface area contributed by atoms with E-state index >= 15 is 0 Å². The first kappa shape index (κ1) is 14.4. The number of rotatable bonds is 1. The molecule has 0 amide bonds. The van der Waals surface area contributed by atoms with Crippen LogP contribution in [0.3, 0.4) is 0 Å². The smallest absolute Gasteiger partial charge is 0.336 e. The van der Waals surface area contributed by atoms with Gasteiger partial charge >= 0.3 is 17.9 Å². The first-order chi connectivity index (χ1) is 8.44. The van der Waals surface area contributed by atoms with Crippen LogP contribution >= 0.6 is 0 Å². The van der Waals surface area contributed by atoms with Crippen LogP contribution in [0.4, 0.5) is 0 Å². The van der Waals surface area contributed by atoms with Crippen molar-refractivity contribution < 1.29 is 34.1 Å². The van der Waals surface area contributed by atoms with Crippen LogP contribution in [-0.4, -0.2) is 46.9 Å². The van der Waals surface area contributed by atoms with Crippen molar-refractivity contribution in [1.82, 2.24) is 0 Å². The molecule has 18 heavy (non-hydrogen) atoms. The van der Waals surface area contributed by atoms with Crippen molar-refractivity contribution in [2.24, 2.45) is 0 Å². The molecule has 102 valence electrons. The van der Waals surface area contributed by atoms with Gasteiger partial charge in [-0.2, -0.15) is 0 Å². The monoisotopic (exact) mass is 260 g/mol. The number of hydrogen-bond acceptors (Lipinski definition) is 6. The lowest BCUT2D eigenvalue weighted by Gasteiger charge is -2.22. The van der Waals surface area contributed by atoms with Crippen LogP contribution in [0.25, 0.3) is 0 Å². The molecule has 0 unspecified atom stereocenters. The quantitative estimate of drug-likeness (QED) is 0.631. The van der Waals surface area contributed by atoms with Crippen molar-refractivity contribution in [3.63, 3.8) is 0 Å². The van der Waals surface area contributed by atoms with Gasteiger partial charge in [0, 0.05) is 0 Å². The molecule has 0 bridgehead atoms. The molecule has 0 radical (unpaired) electrons. The largest absolute Gasteiger partial charge is 0.479 e. The molecule has 1 heterocycles. The van der Waals surface area contributed by atoms with Crippen LogP contribution in [0, 0.1) is 0 Å². The molecule has 1 saturated heterocycles. The summed E-state index contributed by atoms with van der Waals surface area (Å²) in [7, 11) is 0. The molecule has 1 rings (SSSR count). The van der Waals surface area contributed by atoms with Gasteiger partial charge in [0.2, 0.25) is 0 Å². The van der Waals surface area contributed by atoms with Crippen LogP contribution in [0.15, 0.2) is 0 Å². The van der Waals surface area contributed by atoms with Gasteiger partial charge in [-0.1, -0.05) is 0 Å². The molecule has 7 heteroatoms. The van der Waals surface area contributed by atoms with E-state index in [0.717, 1.165) is 6.42 Å². The van der Waals surface area contributed by atoms with Gasteiger partial charge in [-0.3, -0.25) is 9.59 Å². The molecule has 1 aliphatic heterocycles. The Kier molecular flexibility index (Phi) is 5.08. The number of aliphatic hydroxyl groups is 1. The van der Waals surface area contributed by atoms with Crippen LogP contribution < -0.4 is 0 Å². The Labute approximate surface area is 104 Å². The minimum absolute atomic E-state index is 0.169. The number of cyclic esters (lactones) is 2. The second kappa shape index (κ2) is 6.34. The molecule has 0 spiro atoms. The van der Waals surface area contributed by atoms with Crippen molar-refractivity contribution in [2.75, 3.05) is 13.2 Å². The van der Waals surface area contributed by atoms with Crippen LogP contribution in [0.5, 0.6) is 0 Å². The highest BCUT2D eigenvalue weighted by atomic mass is 16.5. The predicted molar refractivity (Wildman–Crippen MR) is 57.6 cm³/mol. The molecule has 0 atom stereocenters. The molecule has 0 aromatic carbocycles. The molecule has 0 aromatic heterocycles. The maximum atomic E-state index is 11.3. The van der Waals surface area contributed by atoms with E-state index in [2.05, 4.69) is 0 Å². The van der Waals surface area contributed by atoms with Crippen LogP contribution in [0.1, 0.15) is 32.1 Å². The predicted octanol–water partition coefficient (Wildman–Crippen LogP) is -0.147. The third-order valence-electron chi connectivity index (χ3n) is 2.59. The third-order valence-corrected chi connectivity index (χ3v) is 2.59. The normalized spacial score (nSPS) is 22.1. The number of hydrogen-bond donors (Lipinski definition) is 2. The van der Waals surface area contributed by atoms with Crippen LogP contribution in [-0.2, 0) is 23.9 Å². The number of carbonyl (C=O) groups is 3. The summed E-state index contributed by atoms with van der Waals surface area (Å²) < 4.78 is 9.56. The zero-order chi connectivity index (χ0) is 13.6. The van der Waals surface area contributed by atoms with E-state index in [1.807, 2.05) is 0 Å². The minimum Gasteiger partial charge on any atom is -0.479 e. The average molecular weight is 260 g/mol. The molecule has 0 saturated carbocycles. The lowest BCUT2D eigenvalue weighted by molar-refractivity contribution is -0.173. The van der Waals surface area contributed by atoms with E-state index in [1.165, 1.54) is 0 Å². The molecule has 1 aliphatic rings. The summed E-state index contributed by atoms with van der Waals surface area (Å²) >= 11 is 0. The Morgan fingerprint density at radius 2 is 1.44 bits per heavy atom. The van der Waals surface area contributed by atoms with Gasteiger partial charge in [-0.05, 0) is 19.3 Å². The van der Waals surface area contributed by atoms with E-state index in [9.17, 15) is 19.5 Å². The lowest BCUT2D eigenvalue weighted by atomic mass is 9.96. The summed E-state index contributed by atoms with van der Waals surface area (Å²) in [5, 5.41) is 18.6. The van der Waals surface area contributed by atoms with Crippen molar-refractivity contribution in [2.45, 2.75) is 37.7 Å². The van der Waals surface area contributed by atoms with E-state index in [-0.39, 0.29) is 13.2 Å². The fraction of sp³-hybridized carbons (Fsp3) is 0.727. The van der Waals surface area contributed by atoms with Gasteiger partial charge < -0.3 is 19.7 Å². The maximum Gasteiger partial charge on any atom is 0.336 e. The molecule has 2 N–H and O–H groups in total. The fourth-order valence-corrected chi connectivity index (χ4v) is 1.55. The number of aliphatic carboxylic acids is 1. The molecule has 0 aromatic rings. The zero-order valence-electron chi connectivity index (χ0n) is 9.89. The highest BCUT2D eigenvalue weighted by Gasteiger charge is 2.42. The number of carboxylic acid groups (broad SMARTS) is 1. The summed E-state index contributed by atoms with van der Waals surface area (Å²) in [6, 6.07) is 0. The van der Waals surface area contributed by atoms with E-state index in [0.29, 0.717) is 12.8 Å². The lowest BCUT2D eigenvalue weighted by Crippen LogP contribution is -2.43. The Morgan fingerprint density at radius 3 is 1.83 bits per heavy atom. The first-order valence-electron chi connectivity index (χ1n) is 5.71. The second-order valence-corrected chi connectivity index (χ2v) is 4.19. The standard InChI is InChI=1S/C11H16O7/c12-8-6-11(16,10(14)15)7-9(13)18-5-3-1-2-4-17-8/h16H,1-7H2,(H,14,15). The zero-order valence-corrected chi connectivity index (χ0v) is 9.89. The number of ether oxygens (including phenoxy) is 2. The molecule has 7 nitrogen and oxygen atoms in total. The highest BCUT2D eigenvalue weighted by molar-refractivity contribution is 5.88. The summed E-state index contributed by atoms with van der Waals surface area (Å²) in [4.78, 5) is 33.6. The van der Waals surface area contributed by atoms with Crippen molar-refractivity contribution in [1.29, 1.82) is 0 Å². The molecular formula is C11H16O7. The fourth-order valence-electron chi connectivity index (χ4n) is 1.55. The third kappa shape index (κ3) is 4.33. The van der Waals surface area contributed by atoms with E-state index in [4.69, 9.17) is 14.6 Å². The van der Waals surface area contributed by atoms with E-state index in [1.54, 1.807) is 0 Å². The SMILES string of the molecule is O=C1CC(O)(C(=O)O)CC(=O)OCCCCCO1. The topological polar surface area (TPSA) is 110 Å². The molecule has 0 aliphatic carbocycles. The maximum absolute atomic E-state index is 11.3. The summed E-state index contributed by atoms with van der Waals surface area (Å²) in [6.45, 7) is 0.338. The van der Waals surface area contributed by atoms with Gasteiger partial charge in [0.1, 0.15) is 0 Å². The summed E-state index contributed by atoms with van der Waals surface area (Å²) in [5.41, 5.74) is -2.46. The highest BCUT2D eigenvalue weighted by Crippen LogP contribution is 2.18. The van der Waals surface area contributed by atoms with Crippen molar-refractivity contribution >= 4 is 17.9 Å². The van der Waals surface area contributed by atoms with Crippen molar-refractivity contribution in [3.05, 3.63) is 0 Å². The van der Waals surface area contributed by atoms with Crippen LogP contribution in [0.2, 0.25) is 0 Å². The van der Waals surface area contributed by atoms with Gasteiger partial charge in [-0.25, -0.2) is 4.79 Å². The van der Waals surface area contributed by atoms with Gasteiger partial charge in [0.15, 0.2) is 5.60 Å². The number of carboxylic acids is 1. The van der Waals surface area contributed by atoms with Gasteiger partial charge in [0.25, 0.3) is 0 Å². The summed E-state index contributed by atoms with van der Waals surface area (Å²) in [6.07, 6.45) is 0.419. The minimum atomic E-state index is -2.46. The number of carbonyl (C=O) groups excluding carboxylic acids is 2. The average Bonchev–Trinajstić information content (AvgIpc) is 2.25. The van der Waals surface area contributed by atoms with E-state index < -0.39 is 36.4 Å². The molecule has 1 fully saturated rings. The van der Waals surface area contributed by atoms with Gasteiger partial charge in [-0.15, -0.1) is 0 Å². The Balaban J connectivity index is 2.75. The first-order valence-corrected chi connectivity index (χ1v) is 5.71.